The molecule has 0 aliphatic rings. The van der Waals surface area contributed by atoms with Crippen molar-refractivity contribution in [3.63, 3.8) is 0 Å². The predicted octanol–water partition coefficient (Wildman–Crippen LogP) is 5.04. The van der Waals surface area contributed by atoms with Crippen molar-refractivity contribution in [2.45, 2.75) is 70.6 Å². The maximum Gasteiger partial charge on any atom is 0.0299 e. The minimum absolute atomic E-state index is 0.854. The van der Waals surface area contributed by atoms with Crippen LogP contribution >= 0.6 is 0 Å². The van der Waals surface area contributed by atoms with Gasteiger partial charge in [0.1, 0.15) is 0 Å². The third kappa shape index (κ3) is 11.2. The first kappa shape index (κ1) is 17.9. The number of hydrogen-bond acceptors (Lipinski definition) is 2. The highest BCUT2D eigenvalue weighted by atomic mass is 14.6. The van der Waals surface area contributed by atoms with E-state index >= 15 is 0 Å². The van der Waals surface area contributed by atoms with E-state index in [2.05, 4.69) is 23.2 Å². The molecule has 0 aromatic carbocycles. The summed E-state index contributed by atoms with van der Waals surface area (Å²) < 4.78 is 0. The van der Waals surface area contributed by atoms with Crippen LogP contribution in [0, 0.1) is 0 Å². The molecule has 118 valence electrons. The average Bonchev–Trinajstić information content (AvgIpc) is 2.53. The number of hydrogen-bond donors (Lipinski definition) is 1. The lowest BCUT2D eigenvalue weighted by Gasteiger charge is -2.00. The van der Waals surface area contributed by atoms with Crippen LogP contribution in [0.4, 0.5) is 0 Å². The van der Waals surface area contributed by atoms with Gasteiger partial charge in [0.05, 0.1) is 0 Å². The zero-order valence-electron chi connectivity index (χ0n) is 13.5. The van der Waals surface area contributed by atoms with Crippen LogP contribution in [-0.2, 0) is 6.42 Å². The number of nitrogens with zero attached hydrogens (tertiary/aromatic N) is 1. The lowest BCUT2D eigenvalue weighted by atomic mass is 10.1. The van der Waals surface area contributed by atoms with Gasteiger partial charge < -0.3 is 5.73 Å². The maximum atomic E-state index is 5.48. The fraction of sp³-hybridized carbons (Fsp3) is 0.632. The third-order valence-corrected chi connectivity index (χ3v) is 3.81. The molecule has 0 aliphatic carbocycles. The fourth-order valence-electron chi connectivity index (χ4n) is 2.50. The molecule has 0 atom stereocenters. The Kier molecular flexibility index (Phi) is 11.8. The average molecular weight is 288 g/mol. The zero-order valence-corrected chi connectivity index (χ0v) is 13.5. The van der Waals surface area contributed by atoms with E-state index in [9.17, 15) is 0 Å². The predicted molar refractivity (Wildman–Crippen MR) is 92.3 cm³/mol. The van der Waals surface area contributed by atoms with Crippen molar-refractivity contribution < 1.29 is 0 Å². The van der Waals surface area contributed by atoms with Crippen LogP contribution in [0.15, 0.2) is 36.7 Å². The number of nitrogens with two attached hydrogens (primary N) is 1. The molecule has 0 saturated heterocycles. The molecule has 0 unspecified atom stereocenters. The summed E-state index contributed by atoms with van der Waals surface area (Å²) in [6.45, 7) is 0.854. The Morgan fingerprint density at radius 2 is 1.52 bits per heavy atom. The Bertz CT molecular complexity index is 346. The molecule has 1 rings (SSSR count). The quantitative estimate of drug-likeness (QED) is 0.408. The minimum atomic E-state index is 0.854. The van der Waals surface area contributed by atoms with Gasteiger partial charge in [0.15, 0.2) is 0 Å². The van der Waals surface area contributed by atoms with E-state index in [4.69, 9.17) is 5.73 Å². The Labute approximate surface area is 130 Å². The van der Waals surface area contributed by atoms with Gasteiger partial charge in [-0.15, -0.1) is 0 Å². The van der Waals surface area contributed by atoms with Crippen LogP contribution in [0.1, 0.15) is 69.8 Å². The van der Waals surface area contributed by atoms with Gasteiger partial charge in [0.25, 0.3) is 0 Å². The van der Waals surface area contributed by atoms with Gasteiger partial charge in [-0.2, -0.15) is 0 Å². The molecule has 0 radical (unpaired) electrons. The van der Waals surface area contributed by atoms with Crippen molar-refractivity contribution in [2.24, 2.45) is 5.73 Å². The fourth-order valence-corrected chi connectivity index (χ4v) is 2.50. The first-order chi connectivity index (χ1) is 10.4. The Morgan fingerprint density at radius 3 is 2.19 bits per heavy atom. The molecule has 2 N–H and O–H groups in total. The number of unbranched alkanes of at least 4 members (excludes halogenated alkanes) is 8. The first-order valence-corrected chi connectivity index (χ1v) is 8.67. The molecule has 1 aromatic heterocycles. The van der Waals surface area contributed by atoms with E-state index in [-0.39, 0.29) is 0 Å². The highest BCUT2D eigenvalue weighted by molar-refractivity contribution is 5.09. The second-order valence-electron chi connectivity index (χ2n) is 5.78. The van der Waals surface area contributed by atoms with Gasteiger partial charge in [0.2, 0.25) is 0 Å². The zero-order chi connectivity index (χ0) is 15.0. The molecular weight excluding hydrogens is 256 g/mol. The van der Waals surface area contributed by atoms with Crippen molar-refractivity contribution in [1.29, 1.82) is 0 Å². The molecule has 0 fully saturated rings. The number of aromatic nitrogens is 1. The second kappa shape index (κ2) is 13.8. The summed E-state index contributed by atoms with van der Waals surface area (Å²) in [5, 5.41) is 0. The van der Waals surface area contributed by atoms with Crippen LogP contribution in [0.25, 0.3) is 0 Å². The van der Waals surface area contributed by atoms with Gasteiger partial charge in [-0.25, -0.2) is 0 Å². The smallest absolute Gasteiger partial charge is 0.0299 e. The van der Waals surface area contributed by atoms with Crippen LogP contribution in [0.3, 0.4) is 0 Å². The minimum Gasteiger partial charge on any atom is -0.330 e. The monoisotopic (exact) mass is 288 g/mol. The lowest BCUT2D eigenvalue weighted by Crippen LogP contribution is -1.97. The summed E-state index contributed by atoms with van der Waals surface area (Å²) in [5.41, 5.74) is 6.81. The Balaban J connectivity index is 1.82. The van der Waals surface area contributed by atoms with Gasteiger partial charge in [0, 0.05) is 12.4 Å². The lowest BCUT2D eigenvalue weighted by molar-refractivity contribution is 0.571. The molecule has 1 aromatic rings. The number of rotatable bonds is 13. The second-order valence-corrected chi connectivity index (χ2v) is 5.78. The molecule has 1 heterocycles. The first-order valence-electron chi connectivity index (χ1n) is 8.67. The van der Waals surface area contributed by atoms with Crippen molar-refractivity contribution in [3.05, 3.63) is 42.2 Å². The molecule has 0 bridgehead atoms. The highest BCUT2D eigenvalue weighted by Crippen LogP contribution is 2.10. The topological polar surface area (TPSA) is 38.9 Å². The van der Waals surface area contributed by atoms with Crippen LogP contribution in [-0.4, -0.2) is 11.5 Å². The highest BCUT2D eigenvalue weighted by Gasteiger charge is 1.92. The van der Waals surface area contributed by atoms with E-state index in [1.807, 2.05) is 18.5 Å². The van der Waals surface area contributed by atoms with E-state index in [1.54, 1.807) is 0 Å². The molecule has 2 nitrogen and oxygen atoms in total. The summed E-state index contributed by atoms with van der Waals surface area (Å²) in [6.07, 6.45) is 22.7. The summed E-state index contributed by atoms with van der Waals surface area (Å²) in [6, 6.07) is 4.16. The van der Waals surface area contributed by atoms with E-state index in [1.165, 1.54) is 63.4 Å². The number of aryl methyl sites for hydroxylation is 1. The molecule has 0 saturated carbocycles. The number of allylic oxidation sites excluding steroid dienone is 2. The standard InChI is InChI=1S/C19H32N2/c20-16-12-10-8-6-4-2-1-3-5-7-9-11-14-19-15-13-17-21-18-19/h7,9,13,15,17-18H,1-6,8,10-12,14,16,20H2. The van der Waals surface area contributed by atoms with Crippen LogP contribution < -0.4 is 5.73 Å². The van der Waals surface area contributed by atoms with Gasteiger partial charge in [-0.1, -0.05) is 56.7 Å². The summed E-state index contributed by atoms with van der Waals surface area (Å²) >= 11 is 0. The van der Waals surface area contributed by atoms with Gasteiger partial charge in [-0.05, 0) is 50.3 Å². The van der Waals surface area contributed by atoms with Crippen LogP contribution in [0.2, 0.25) is 0 Å². The van der Waals surface area contributed by atoms with Crippen LogP contribution in [0.5, 0.6) is 0 Å². The van der Waals surface area contributed by atoms with E-state index in [0.717, 1.165) is 19.4 Å². The third-order valence-electron chi connectivity index (χ3n) is 3.81. The largest absolute Gasteiger partial charge is 0.330 e. The van der Waals surface area contributed by atoms with Gasteiger partial charge in [-0.3, -0.25) is 4.98 Å². The summed E-state index contributed by atoms with van der Waals surface area (Å²) in [4.78, 5) is 4.13. The molecule has 0 spiro atoms. The summed E-state index contributed by atoms with van der Waals surface area (Å²) in [5.74, 6) is 0. The van der Waals surface area contributed by atoms with E-state index in [0.29, 0.717) is 0 Å². The Morgan fingerprint density at radius 1 is 0.857 bits per heavy atom. The van der Waals surface area contributed by atoms with Crippen molar-refractivity contribution in [1.82, 2.24) is 4.98 Å². The van der Waals surface area contributed by atoms with Gasteiger partial charge >= 0.3 is 0 Å². The molecule has 2 heteroatoms. The molecule has 0 amide bonds. The van der Waals surface area contributed by atoms with Crippen molar-refractivity contribution >= 4 is 0 Å². The van der Waals surface area contributed by atoms with Crippen molar-refractivity contribution in [2.75, 3.05) is 6.54 Å². The SMILES string of the molecule is NCCCCCCCCCCC=CCCc1cccnc1. The number of pyridine rings is 1. The normalized spacial score (nSPS) is 11.3. The summed E-state index contributed by atoms with van der Waals surface area (Å²) in [7, 11) is 0. The molecular formula is C19H32N2. The van der Waals surface area contributed by atoms with E-state index < -0.39 is 0 Å². The maximum absolute atomic E-state index is 5.48. The molecule has 0 aliphatic heterocycles. The Hall–Kier alpha value is -1.15. The van der Waals surface area contributed by atoms with Crippen molar-refractivity contribution in [3.8, 4) is 0 Å². The molecule has 21 heavy (non-hydrogen) atoms.